The molecule has 1 aromatic carbocycles. The van der Waals surface area contributed by atoms with Crippen LogP contribution in [0.5, 0.6) is 0 Å². The monoisotopic (exact) mass is 328 g/mol. The lowest BCUT2D eigenvalue weighted by Gasteiger charge is -2.36. The number of pyridine rings is 1. The average molecular weight is 328 g/mol. The third kappa shape index (κ3) is 3.18. The van der Waals surface area contributed by atoms with E-state index in [2.05, 4.69) is 4.98 Å². The van der Waals surface area contributed by atoms with Gasteiger partial charge in [-0.25, -0.2) is 9.37 Å². The van der Waals surface area contributed by atoms with Crippen LogP contribution in [0.1, 0.15) is 10.4 Å². The van der Waals surface area contributed by atoms with E-state index in [-0.39, 0.29) is 11.7 Å². The average Bonchev–Trinajstić information content (AvgIpc) is 2.62. The molecule has 0 N–H and O–H groups in total. The van der Waals surface area contributed by atoms with Crippen LogP contribution in [0.2, 0.25) is 0 Å². The first kappa shape index (κ1) is 16.2. The van der Waals surface area contributed by atoms with Crippen LogP contribution in [0.25, 0.3) is 0 Å². The van der Waals surface area contributed by atoms with Crippen LogP contribution in [-0.2, 0) is 0 Å². The molecule has 2 aromatic rings. The summed E-state index contributed by atoms with van der Waals surface area (Å²) >= 11 is 0. The van der Waals surface area contributed by atoms with Gasteiger partial charge in [0.25, 0.3) is 5.91 Å². The van der Waals surface area contributed by atoms with Gasteiger partial charge >= 0.3 is 0 Å². The van der Waals surface area contributed by atoms with Crippen molar-refractivity contribution in [3.8, 4) is 0 Å². The van der Waals surface area contributed by atoms with Gasteiger partial charge in [-0.3, -0.25) is 4.79 Å². The van der Waals surface area contributed by atoms with Gasteiger partial charge in [-0.15, -0.1) is 0 Å². The lowest BCUT2D eigenvalue weighted by Crippen LogP contribution is -2.49. The highest BCUT2D eigenvalue weighted by Crippen LogP contribution is 2.22. The quantitative estimate of drug-likeness (QED) is 0.866. The minimum atomic E-state index is -0.223. The van der Waals surface area contributed by atoms with Crippen molar-refractivity contribution in [1.82, 2.24) is 9.88 Å². The maximum atomic E-state index is 13.9. The Balaban J connectivity index is 1.71. The molecule has 126 valence electrons. The lowest BCUT2D eigenvalue weighted by molar-refractivity contribution is 0.0747. The van der Waals surface area contributed by atoms with Gasteiger partial charge in [-0.05, 0) is 24.3 Å². The Labute approximate surface area is 141 Å². The number of halogens is 1. The van der Waals surface area contributed by atoms with Crippen LogP contribution in [0, 0.1) is 5.82 Å². The van der Waals surface area contributed by atoms with Crippen molar-refractivity contribution in [2.75, 3.05) is 50.1 Å². The highest BCUT2D eigenvalue weighted by molar-refractivity contribution is 5.99. The van der Waals surface area contributed by atoms with Crippen molar-refractivity contribution in [3.63, 3.8) is 0 Å². The number of anilines is 2. The third-order valence-electron chi connectivity index (χ3n) is 4.20. The number of benzene rings is 1. The first-order valence-corrected chi connectivity index (χ1v) is 7.99. The van der Waals surface area contributed by atoms with Crippen molar-refractivity contribution in [2.24, 2.45) is 0 Å². The summed E-state index contributed by atoms with van der Waals surface area (Å²) in [5, 5.41) is 0. The molecule has 6 heteroatoms. The fourth-order valence-corrected chi connectivity index (χ4v) is 2.95. The molecule has 24 heavy (non-hydrogen) atoms. The molecule has 1 aliphatic heterocycles. The number of amides is 1. The molecule has 0 saturated carbocycles. The molecule has 5 nitrogen and oxygen atoms in total. The van der Waals surface area contributed by atoms with E-state index in [0.717, 1.165) is 0 Å². The Morgan fingerprint density at radius 3 is 2.46 bits per heavy atom. The Bertz CT molecular complexity index is 726. The van der Waals surface area contributed by atoms with Crippen LogP contribution in [-0.4, -0.2) is 56.1 Å². The number of rotatable bonds is 3. The second kappa shape index (κ2) is 6.86. The minimum Gasteiger partial charge on any atom is -0.366 e. The number of aromatic nitrogens is 1. The first-order chi connectivity index (χ1) is 11.6. The Kier molecular flexibility index (Phi) is 4.64. The summed E-state index contributed by atoms with van der Waals surface area (Å²) in [5.41, 5.74) is 1.20. The van der Waals surface area contributed by atoms with Crippen LogP contribution in [0.3, 0.4) is 0 Å². The SMILES string of the molecule is CN(C)c1ncccc1C(=O)N1CCN(c2ccccc2F)CC1. The van der Waals surface area contributed by atoms with Gasteiger partial charge in [0.2, 0.25) is 0 Å². The molecule has 0 radical (unpaired) electrons. The molecular formula is C18H21FN4O. The van der Waals surface area contributed by atoms with Crippen molar-refractivity contribution in [2.45, 2.75) is 0 Å². The van der Waals surface area contributed by atoms with E-state index in [0.29, 0.717) is 43.2 Å². The van der Waals surface area contributed by atoms with Crippen molar-refractivity contribution < 1.29 is 9.18 Å². The van der Waals surface area contributed by atoms with Gasteiger partial charge < -0.3 is 14.7 Å². The number of carbonyl (C=O) groups is 1. The molecule has 1 amide bonds. The normalized spacial score (nSPS) is 14.6. The summed E-state index contributed by atoms with van der Waals surface area (Å²) in [6.45, 7) is 2.36. The number of hydrogen-bond donors (Lipinski definition) is 0. The van der Waals surface area contributed by atoms with E-state index < -0.39 is 0 Å². The van der Waals surface area contributed by atoms with Gasteiger partial charge in [-0.2, -0.15) is 0 Å². The second-order valence-electron chi connectivity index (χ2n) is 6.00. The predicted octanol–water partition coefficient (Wildman–Crippen LogP) is 2.25. The van der Waals surface area contributed by atoms with Gasteiger partial charge in [0.1, 0.15) is 11.6 Å². The highest BCUT2D eigenvalue weighted by Gasteiger charge is 2.25. The highest BCUT2D eigenvalue weighted by atomic mass is 19.1. The molecule has 1 fully saturated rings. The van der Waals surface area contributed by atoms with Gasteiger partial charge in [0.15, 0.2) is 0 Å². The third-order valence-corrected chi connectivity index (χ3v) is 4.20. The maximum absolute atomic E-state index is 13.9. The molecule has 0 bridgehead atoms. The van der Waals surface area contributed by atoms with E-state index in [4.69, 9.17) is 0 Å². The Morgan fingerprint density at radius 1 is 1.08 bits per heavy atom. The zero-order valence-corrected chi connectivity index (χ0v) is 13.9. The van der Waals surface area contributed by atoms with E-state index in [9.17, 15) is 9.18 Å². The van der Waals surface area contributed by atoms with Gasteiger partial charge in [-0.1, -0.05) is 12.1 Å². The summed E-state index contributed by atoms with van der Waals surface area (Å²) in [6.07, 6.45) is 1.68. The molecular weight excluding hydrogens is 307 g/mol. The van der Waals surface area contributed by atoms with Crippen molar-refractivity contribution in [3.05, 3.63) is 54.0 Å². The van der Waals surface area contributed by atoms with Crippen LogP contribution in [0.4, 0.5) is 15.9 Å². The van der Waals surface area contributed by atoms with Gasteiger partial charge in [0.05, 0.1) is 11.3 Å². The van der Waals surface area contributed by atoms with Crippen LogP contribution >= 0.6 is 0 Å². The molecule has 0 unspecified atom stereocenters. The zero-order valence-electron chi connectivity index (χ0n) is 13.9. The van der Waals surface area contributed by atoms with E-state index in [1.54, 1.807) is 35.4 Å². The number of carbonyl (C=O) groups excluding carboxylic acids is 1. The molecule has 3 rings (SSSR count). The minimum absolute atomic E-state index is 0.0278. The van der Waals surface area contributed by atoms with Crippen molar-refractivity contribution in [1.29, 1.82) is 0 Å². The summed E-state index contributed by atoms with van der Waals surface area (Å²) in [4.78, 5) is 22.7. The summed E-state index contributed by atoms with van der Waals surface area (Å²) in [7, 11) is 3.74. The second-order valence-corrected chi connectivity index (χ2v) is 6.00. The van der Waals surface area contributed by atoms with E-state index in [1.165, 1.54) is 6.07 Å². The zero-order chi connectivity index (χ0) is 17.1. The van der Waals surface area contributed by atoms with E-state index in [1.807, 2.05) is 30.0 Å². The fourth-order valence-electron chi connectivity index (χ4n) is 2.95. The fraction of sp³-hybridized carbons (Fsp3) is 0.333. The van der Waals surface area contributed by atoms with E-state index >= 15 is 0 Å². The van der Waals surface area contributed by atoms with Gasteiger partial charge in [0, 0.05) is 46.5 Å². The summed E-state index contributed by atoms with van der Waals surface area (Å²) in [5.74, 6) is 0.415. The lowest BCUT2D eigenvalue weighted by atomic mass is 10.2. The molecule has 1 aromatic heterocycles. The first-order valence-electron chi connectivity index (χ1n) is 7.99. The largest absolute Gasteiger partial charge is 0.366 e. The van der Waals surface area contributed by atoms with Crippen LogP contribution < -0.4 is 9.80 Å². The standard InChI is InChI=1S/C18H21FN4O/c1-21(2)17-14(6-5-9-20-17)18(24)23-12-10-22(11-13-23)16-8-4-3-7-15(16)19/h3-9H,10-13H2,1-2H3. The predicted molar refractivity (Wildman–Crippen MR) is 93.1 cm³/mol. The number of piperazine rings is 1. The smallest absolute Gasteiger partial charge is 0.257 e. The maximum Gasteiger partial charge on any atom is 0.257 e. The number of para-hydroxylation sites is 1. The molecule has 2 heterocycles. The summed E-state index contributed by atoms with van der Waals surface area (Å²) in [6, 6.07) is 10.3. The molecule has 1 saturated heterocycles. The topological polar surface area (TPSA) is 39.7 Å². The molecule has 0 spiro atoms. The Hall–Kier alpha value is -2.63. The number of hydrogen-bond acceptors (Lipinski definition) is 4. The molecule has 0 aliphatic carbocycles. The molecule has 1 aliphatic rings. The number of nitrogens with zero attached hydrogens (tertiary/aromatic N) is 4. The van der Waals surface area contributed by atoms with Crippen LogP contribution in [0.15, 0.2) is 42.6 Å². The van der Waals surface area contributed by atoms with Crippen molar-refractivity contribution >= 4 is 17.4 Å². The molecule has 0 atom stereocenters. The Morgan fingerprint density at radius 2 is 1.79 bits per heavy atom. The summed E-state index contributed by atoms with van der Waals surface area (Å²) < 4.78 is 13.9.